The second kappa shape index (κ2) is 5.51. The molecule has 1 aliphatic heterocycles. The molecular formula is C16H25NO2. The Bertz CT molecular complexity index is 440. The van der Waals surface area contributed by atoms with Gasteiger partial charge in [-0.2, -0.15) is 0 Å². The Hall–Kier alpha value is -1.06. The third-order valence-corrected chi connectivity index (χ3v) is 3.28. The highest BCUT2D eigenvalue weighted by Gasteiger charge is 2.28. The normalized spacial score (nSPS) is 22.5. The van der Waals surface area contributed by atoms with E-state index in [-0.39, 0.29) is 17.7 Å². The fourth-order valence-corrected chi connectivity index (χ4v) is 2.44. The van der Waals surface area contributed by atoms with E-state index in [0.29, 0.717) is 0 Å². The lowest BCUT2D eigenvalue weighted by atomic mass is 9.97. The van der Waals surface area contributed by atoms with E-state index in [1.165, 1.54) is 11.1 Å². The monoisotopic (exact) mass is 263 g/mol. The molecule has 0 saturated carbocycles. The minimum absolute atomic E-state index is 0.0317. The number of nitrogens with one attached hydrogen (secondary N) is 1. The van der Waals surface area contributed by atoms with Crippen LogP contribution in [0.25, 0.3) is 0 Å². The van der Waals surface area contributed by atoms with Gasteiger partial charge in [0.1, 0.15) is 5.75 Å². The van der Waals surface area contributed by atoms with Crippen LogP contribution in [0.3, 0.4) is 0 Å². The molecule has 0 radical (unpaired) electrons. The molecule has 3 nitrogen and oxygen atoms in total. The summed E-state index contributed by atoms with van der Waals surface area (Å²) in [6.07, 6.45) is 0.208. The van der Waals surface area contributed by atoms with Gasteiger partial charge in [-0.05, 0) is 51.8 Å². The van der Waals surface area contributed by atoms with Crippen molar-refractivity contribution in [3.05, 3.63) is 29.3 Å². The van der Waals surface area contributed by atoms with Crippen LogP contribution in [-0.2, 0) is 4.74 Å². The zero-order chi connectivity index (χ0) is 14.0. The van der Waals surface area contributed by atoms with Crippen LogP contribution in [-0.4, -0.2) is 24.9 Å². The molecule has 0 bridgehead atoms. The molecule has 0 aromatic heterocycles. The summed E-state index contributed by atoms with van der Waals surface area (Å²) in [6, 6.07) is 6.65. The zero-order valence-corrected chi connectivity index (χ0v) is 12.6. The minimum atomic E-state index is 0.0317. The Morgan fingerprint density at radius 2 is 2.11 bits per heavy atom. The van der Waals surface area contributed by atoms with Crippen LogP contribution in [0.15, 0.2) is 18.2 Å². The molecular weight excluding hydrogens is 238 g/mol. The maximum atomic E-state index is 5.78. The second-order valence-corrected chi connectivity index (χ2v) is 6.29. The van der Waals surface area contributed by atoms with Crippen LogP contribution in [0, 0.1) is 6.92 Å². The first-order valence-electron chi connectivity index (χ1n) is 7.00. The van der Waals surface area contributed by atoms with Crippen molar-refractivity contribution in [3.8, 4) is 5.75 Å². The molecule has 1 heterocycles. The summed E-state index contributed by atoms with van der Waals surface area (Å²) in [5.74, 6) is 0.967. The average Bonchev–Trinajstić information content (AvgIpc) is 2.30. The molecule has 1 fully saturated rings. The van der Waals surface area contributed by atoms with Gasteiger partial charge in [0.05, 0.1) is 25.4 Å². The van der Waals surface area contributed by atoms with Crippen LogP contribution in [0.1, 0.15) is 44.9 Å². The van der Waals surface area contributed by atoms with Gasteiger partial charge in [-0.25, -0.2) is 0 Å². The van der Waals surface area contributed by atoms with Crippen LogP contribution >= 0.6 is 0 Å². The fraction of sp³-hybridized carbons (Fsp3) is 0.625. The SMILES string of the molecule is Cc1cc(C2COCC(C)(C)N2)ccc1OC(C)C. The Morgan fingerprint density at radius 3 is 2.68 bits per heavy atom. The highest BCUT2D eigenvalue weighted by Crippen LogP contribution is 2.27. The second-order valence-electron chi connectivity index (χ2n) is 6.29. The summed E-state index contributed by atoms with van der Waals surface area (Å²) in [5, 5.41) is 3.63. The molecule has 1 N–H and O–H groups in total. The molecule has 1 saturated heterocycles. The lowest BCUT2D eigenvalue weighted by Gasteiger charge is -2.37. The quantitative estimate of drug-likeness (QED) is 0.908. The van der Waals surface area contributed by atoms with Gasteiger partial charge in [-0.1, -0.05) is 12.1 Å². The van der Waals surface area contributed by atoms with E-state index in [1.54, 1.807) is 0 Å². The summed E-state index contributed by atoms with van der Waals surface area (Å²) in [4.78, 5) is 0. The summed E-state index contributed by atoms with van der Waals surface area (Å²) < 4.78 is 11.5. The maximum absolute atomic E-state index is 5.78. The standard InChI is InChI=1S/C16H25NO2/c1-11(2)19-15-7-6-13(8-12(15)3)14-9-18-10-16(4,5)17-14/h6-8,11,14,17H,9-10H2,1-5H3. The summed E-state index contributed by atoms with van der Waals surface area (Å²) in [7, 11) is 0. The first-order valence-corrected chi connectivity index (χ1v) is 7.00. The van der Waals surface area contributed by atoms with E-state index in [4.69, 9.17) is 9.47 Å². The lowest BCUT2D eigenvalue weighted by Crippen LogP contribution is -2.51. The van der Waals surface area contributed by atoms with Gasteiger partial charge in [-0.15, -0.1) is 0 Å². The number of morpholine rings is 1. The van der Waals surface area contributed by atoms with Crippen molar-refractivity contribution in [3.63, 3.8) is 0 Å². The Kier molecular flexibility index (Phi) is 4.16. The Balaban J connectivity index is 2.15. The van der Waals surface area contributed by atoms with E-state index < -0.39 is 0 Å². The summed E-state index contributed by atoms with van der Waals surface area (Å²) in [6.45, 7) is 12.0. The smallest absolute Gasteiger partial charge is 0.122 e. The molecule has 1 unspecified atom stereocenters. The highest BCUT2D eigenvalue weighted by atomic mass is 16.5. The fourth-order valence-electron chi connectivity index (χ4n) is 2.44. The summed E-state index contributed by atoms with van der Waals surface area (Å²) in [5.41, 5.74) is 2.47. The average molecular weight is 263 g/mol. The first-order chi connectivity index (χ1) is 8.87. The van der Waals surface area contributed by atoms with Gasteiger partial charge >= 0.3 is 0 Å². The number of hydrogen-bond donors (Lipinski definition) is 1. The van der Waals surface area contributed by atoms with Crippen molar-refractivity contribution in [2.24, 2.45) is 0 Å². The van der Waals surface area contributed by atoms with Crippen LogP contribution in [0.4, 0.5) is 0 Å². The van der Waals surface area contributed by atoms with Crippen molar-refractivity contribution in [1.29, 1.82) is 0 Å². The summed E-state index contributed by atoms with van der Waals surface area (Å²) >= 11 is 0. The molecule has 0 amide bonds. The number of hydrogen-bond acceptors (Lipinski definition) is 3. The highest BCUT2D eigenvalue weighted by molar-refractivity contribution is 5.38. The van der Waals surface area contributed by atoms with Gasteiger partial charge in [0, 0.05) is 5.54 Å². The zero-order valence-electron chi connectivity index (χ0n) is 12.6. The molecule has 1 aromatic rings. The molecule has 1 aromatic carbocycles. The molecule has 1 atom stereocenters. The van der Waals surface area contributed by atoms with Gasteiger partial charge in [0.15, 0.2) is 0 Å². The van der Waals surface area contributed by atoms with Crippen molar-refractivity contribution in [1.82, 2.24) is 5.32 Å². The van der Waals surface area contributed by atoms with Gasteiger partial charge in [0.2, 0.25) is 0 Å². The van der Waals surface area contributed by atoms with E-state index in [9.17, 15) is 0 Å². The molecule has 1 aliphatic rings. The molecule has 0 aliphatic carbocycles. The van der Waals surface area contributed by atoms with E-state index in [2.05, 4.69) is 44.3 Å². The molecule has 0 spiro atoms. The molecule has 2 rings (SSSR count). The van der Waals surface area contributed by atoms with E-state index in [0.717, 1.165) is 19.0 Å². The molecule has 106 valence electrons. The van der Waals surface area contributed by atoms with Crippen molar-refractivity contribution < 1.29 is 9.47 Å². The third-order valence-electron chi connectivity index (χ3n) is 3.28. The maximum Gasteiger partial charge on any atom is 0.122 e. The van der Waals surface area contributed by atoms with Gasteiger partial charge in [-0.3, -0.25) is 0 Å². The largest absolute Gasteiger partial charge is 0.491 e. The number of ether oxygens (including phenoxy) is 2. The number of rotatable bonds is 3. The Labute approximate surface area is 116 Å². The molecule has 3 heteroatoms. The lowest BCUT2D eigenvalue weighted by molar-refractivity contribution is 0.0127. The molecule has 19 heavy (non-hydrogen) atoms. The minimum Gasteiger partial charge on any atom is -0.491 e. The van der Waals surface area contributed by atoms with Gasteiger partial charge in [0.25, 0.3) is 0 Å². The predicted octanol–water partition coefficient (Wildman–Crippen LogP) is 3.22. The van der Waals surface area contributed by atoms with Crippen molar-refractivity contribution in [2.75, 3.05) is 13.2 Å². The number of benzene rings is 1. The van der Waals surface area contributed by atoms with Crippen LogP contribution in [0.5, 0.6) is 5.75 Å². The van der Waals surface area contributed by atoms with Crippen molar-refractivity contribution in [2.45, 2.75) is 52.3 Å². The van der Waals surface area contributed by atoms with Crippen molar-refractivity contribution >= 4 is 0 Å². The third kappa shape index (κ3) is 3.71. The number of aryl methyl sites for hydroxylation is 1. The van der Waals surface area contributed by atoms with Gasteiger partial charge < -0.3 is 14.8 Å². The topological polar surface area (TPSA) is 30.5 Å². The van der Waals surface area contributed by atoms with E-state index in [1.807, 2.05) is 13.8 Å². The van der Waals surface area contributed by atoms with Crippen LogP contribution in [0.2, 0.25) is 0 Å². The first kappa shape index (κ1) is 14.4. The Morgan fingerprint density at radius 1 is 1.37 bits per heavy atom. The van der Waals surface area contributed by atoms with E-state index >= 15 is 0 Å². The van der Waals surface area contributed by atoms with Crippen LogP contribution < -0.4 is 10.1 Å². The predicted molar refractivity (Wildman–Crippen MR) is 77.7 cm³/mol.